The average molecular weight is 580 g/mol. The molecule has 2 heterocycles. The molecule has 0 spiro atoms. The highest BCUT2D eigenvalue weighted by molar-refractivity contribution is 7.81. The molecule has 9 unspecified atom stereocenters. The molecule has 0 saturated carbocycles. The summed E-state index contributed by atoms with van der Waals surface area (Å²) in [5, 5.41) is 32.3. The standard InChI is InChI=1S/C28H53NO9S/c1-24(2,3)28(39)18(35-22(32)17(36-28)15-33-25(4,5)6)13-29-19-20(31)21(37-26(7,8)9)16(14-30)34-23(19)38-27(10,11)12/h13,16-23,30-32,39H,14-15H2,1-12H3. The van der Waals surface area contributed by atoms with Crippen molar-refractivity contribution in [3.05, 3.63) is 0 Å². The van der Waals surface area contributed by atoms with Crippen LogP contribution in [0.15, 0.2) is 4.99 Å². The lowest BCUT2D eigenvalue weighted by Gasteiger charge is -2.51. The third-order valence-corrected chi connectivity index (χ3v) is 7.28. The number of thiol groups is 1. The van der Waals surface area contributed by atoms with Crippen LogP contribution in [0, 0.1) is 5.41 Å². The van der Waals surface area contributed by atoms with E-state index in [2.05, 4.69) is 4.99 Å². The SMILES string of the molecule is CC(C)(C)OCC1OC(S)(C(C)(C)C)C(C=NC2C(OC(C)(C)C)OC(CO)C(OC(C)(C)C)C2O)OC1O. The van der Waals surface area contributed by atoms with Crippen LogP contribution in [0.5, 0.6) is 0 Å². The van der Waals surface area contributed by atoms with Gasteiger partial charge in [0.25, 0.3) is 0 Å². The summed E-state index contributed by atoms with van der Waals surface area (Å²) in [6.07, 6.45) is -5.35. The molecular formula is C28H53NO9S. The molecule has 0 aliphatic carbocycles. The fourth-order valence-corrected chi connectivity index (χ4v) is 4.53. The zero-order valence-electron chi connectivity index (χ0n) is 25.8. The summed E-state index contributed by atoms with van der Waals surface area (Å²) in [7, 11) is 0. The van der Waals surface area contributed by atoms with Gasteiger partial charge in [-0.15, -0.1) is 12.6 Å². The summed E-state index contributed by atoms with van der Waals surface area (Å²) in [6, 6.07) is -0.931. The van der Waals surface area contributed by atoms with Crippen LogP contribution in [0.1, 0.15) is 83.1 Å². The summed E-state index contributed by atoms with van der Waals surface area (Å²) >= 11 is 4.92. The monoisotopic (exact) mass is 579 g/mol. The lowest BCUT2D eigenvalue weighted by molar-refractivity contribution is -0.309. The fraction of sp³-hybridized carbons (Fsp3) is 0.964. The normalized spacial score (nSPS) is 37.4. The predicted molar refractivity (Wildman–Crippen MR) is 152 cm³/mol. The van der Waals surface area contributed by atoms with E-state index in [0.29, 0.717) is 0 Å². The summed E-state index contributed by atoms with van der Waals surface area (Å²) in [5.74, 6) is 0. The molecule has 2 fully saturated rings. The molecule has 2 aliphatic rings. The van der Waals surface area contributed by atoms with Crippen LogP contribution in [-0.2, 0) is 28.4 Å². The maximum Gasteiger partial charge on any atom is 0.184 e. The van der Waals surface area contributed by atoms with Crippen molar-refractivity contribution < 1.29 is 43.7 Å². The minimum atomic E-state index is -1.30. The minimum Gasteiger partial charge on any atom is -0.394 e. The topological polar surface area (TPSA) is 128 Å². The zero-order valence-corrected chi connectivity index (χ0v) is 26.7. The highest BCUT2D eigenvalue weighted by atomic mass is 32.1. The van der Waals surface area contributed by atoms with Gasteiger partial charge >= 0.3 is 0 Å². The molecule has 39 heavy (non-hydrogen) atoms. The molecule has 10 nitrogen and oxygen atoms in total. The number of hydrogen-bond donors (Lipinski definition) is 4. The molecule has 0 aromatic rings. The van der Waals surface area contributed by atoms with Gasteiger partial charge in [-0.3, -0.25) is 4.99 Å². The first-order chi connectivity index (χ1) is 17.5. The van der Waals surface area contributed by atoms with Gasteiger partial charge in [0.05, 0.1) is 30.0 Å². The lowest BCUT2D eigenvalue weighted by Crippen LogP contribution is -2.63. The third kappa shape index (κ3) is 9.59. The largest absolute Gasteiger partial charge is 0.394 e. The molecule has 230 valence electrons. The molecule has 11 heteroatoms. The highest BCUT2D eigenvalue weighted by Crippen LogP contribution is 2.45. The van der Waals surface area contributed by atoms with Gasteiger partial charge in [-0.05, 0) is 62.3 Å². The Balaban J connectivity index is 2.42. The number of aliphatic hydroxyl groups is 3. The van der Waals surface area contributed by atoms with E-state index in [1.165, 1.54) is 6.21 Å². The van der Waals surface area contributed by atoms with E-state index < -0.39 is 76.3 Å². The zero-order chi connectivity index (χ0) is 30.2. The van der Waals surface area contributed by atoms with Crippen molar-refractivity contribution in [1.82, 2.24) is 0 Å². The summed E-state index contributed by atoms with van der Waals surface area (Å²) in [4.78, 5) is 3.46. The predicted octanol–water partition coefficient (Wildman–Crippen LogP) is 3.09. The quantitative estimate of drug-likeness (QED) is 0.266. The molecule has 0 aromatic carbocycles. The number of hydrogen-bond acceptors (Lipinski definition) is 11. The summed E-state index contributed by atoms with van der Waals surface area (Å²) in [6.45, 7) is 22.5. The Kier molecular flexibility index (Phi) is 11.2. The summed E-state index contributed by atoms with van der Waals surface area (Å²) in [5.41, 5.74) is -2.24. The van der Waals surface area contributed by atoms with E-state index in [4.69, 9.17) is 41.0 Å². The van der Waals surface area contributed by atoms with Gasteiger partial charge in [0, 0.05) is 11.6 Å². The Morgan fingerprint density at radius 3 is 1.87 bits per heavy atom. The van der Waals surface area contributed by atoms with Crippen molar-refractivity contribution in [2.75, 3.05) is 13.2 Å². The van der Waals surface area contributed by atoms with Crippen LogP contribution in [0.2, 0.25) is 0 Å². The van der Waals surface area contributed by atoms with Gasteiger partial charge in [0.1, 0.15) is 41.5 Å². The van der Waals surface area contributed by atoms with Crippen molar-refractivity contribution in [2.24, 2.45) is 10.4 Å². The molecule has 2 saturated heterocycles. The number of aliphatic hydroxyl groups excluding tert-OH is 3. The van der Waals surface area contributed by atoms with Gasteiger partial charge in [0.15, 0.2) is 12.6 Å². The molecule has 2 rings (SSSR count). The molecular weight excluding hydrogens is 526 g/mol. The van der Waals surface area contributed by atoms with E-state index in [9.17, 15) is 15.3 Å². The molecule has 0 bridgehead atoms. The van der Waals surface area contributed by atoms with Crippen molar-refractivity contribution in [3.63, 3.8) is 0 Å². The molecule has 0 amide bonds. The summed E-state index contributed by atoms with van der Waals surface area (Å²) < 4.78 is 36.5. The Morgan fingerprint density at radius 1 is 0.846 bits per heavy atom. The van der Waals surface area contributed by atoms with E-state index >= 15 is 0 Å². The lowest BCUT2D eigenvalue weighted by atomic mass is 9.84. The Morgan fingerprint density at radius 2 is 1.41 bits per heavy atom. The maximum absolute atomic E-state index is 11.5. The van der Waals surface area contributed by atoms with Gasteiger partial charge in [-0.2, -0.15) is 0 Å². The van der Waals surface area contributed by atoms with Crippen LogP contribution < -0.4 is 0 Å². The smallest absolute Gasteiger partial charge is 0.184 e. The Bertz CT molecular complexity index is 814. The third-order valence-electron chi connectivity index (χ3n) is 6.25. The fourth-order valence-electron chi connectivity index (χ4n) is 4.26. The first kappa shape index (κ1) is 34.9. The first-order valence-electron chi connectivity index (χ1n) is 13.7. The average Bonchev–Trinajstić information content (AvgIpc) is 2.73. The van der Waals surface area contributed by atoms with Crippen molar-refractivity contribution in [3.8, 4) is 0 Å². The van der Waals surface area contributed by atoms with E-state index in [1.807, 2.05) is 83.1 Å². The van der Waals surface area contributed by atoms with Crippen LogP contribution in [0.3, 0.4) is 0 Å². The van der Waals surface area contributed by atoms with Gasteiger partial charge < -0.3 is 43.7 Å². The second kappa shape index (κ2) is 12.5. The van der Waals surface area contributed by atoms with Crippen molar-refractivity contribution in [2.45, 2.75) is 154 Å². The maximum atomic E-state index is 11.5. The van der Waals surface area contributed by atoms with E-state index in [1.54, 1.807) is 0 Å². The molecule has 0 radical (unpaired) electrons. The molecule has 9 atom stereocenters. The second-order valence-electron chi connectivity index (χ2n) is 14.4. The Hall–Kier alpha value is -0.340. The number of ether oxygens (including phenoxy) is 6. The van der Waals surface area contributed by atoms with E-state index in [0.717, 1.165) is 0 Å². The number of aliphatic imine (C=N–C) groups is 1. The minimum absolute atomic E-state index is 0.109. The molecule has 0 aromatic heterocycles. The van der Waals surface area contributed by atoms with Gasteiger partial charge in [-0.25, -0.2) is 0 Å². The molecule has 3 N–H and O–H groups in total. The highest BCUT2D eigenvalue weighted by Gasteiger charge is 2.55. The van der Waals surface area contributed by atoms with E-state index in [-0.39, 0.29) is 13.2 Å². The first-order valence-corrected chi connectivity index (χ1v) is 14.1. The van der Waals surface area contributed by atoms with Crippen LogP contribution in [0.25, 0.3) is 0 Å². The van der Waals surface area contributed by atoms with Crippen molar-refractivity contribution >= 4 is 18.8 Å². The van der Waals surface area contributed by atoms with Gasteiger partial charge in [0.2, 0.25) is 0 Å². The van der Waals surface area contributed by atoms with Crippen LogP contribution >= 0.6 is 12.6 Å². The van der Waals surface area contributed by atoms with Crippen molar-refractivity contribution in [1.29, 1.82) is 0 Å². The van der Waals surface area contributed by atoms with Crippen LogP contribution in [-0.4, -0.2) is 106 Å². The van der Waals surface area contributed by atoms with Crippen LogP contribution in [0.4, 0.5) is 0 Å². The second-order valence-corrected chi connectivity index (χ2v) is 15.1. The number of rotatable bonds is 7. The Labute approximate surface area is 240 Å². The number of nitrogens with zero attached hydrogens (tertiary/aromatic N) is 1. The molecule has 2 aliphatic heterocycles. The van der Waals surface area contributed by atoms with Gasteiger partial charge in [-0.1, -0.05) is 20.8 Å².